The molecule has 25 heavy (non-hydrogen) atoms. The maximum absolute atomic E-state index is 13.1. The first-order valence-electron chi connectivity index (χ1n) is 7.83. The molecule has 0 bridgehead atoms. The SMILES string of the molecule is CC(C)(C)C#Cc1ccc(C(=O)Nc2ccc(C(C)(F)F)cn2)cc1. The van der Waals surface area contributed by atoms with Crippen molar-refractivity contribution in [1.82, 2.24) is 4.98 Å². The van der Waals surface area contributed by atoms with Gasteiger partial charge in [-0.1, -0.05) is 11.8 Å². The highest BCUT2D eigenvalue weighted by Crippen LogP contribution is 2.26. The molecule has 3 nitrogen and oxygen atoms in total. The third kappa shape index (κ3) is 5.68. The van der Waals surface area contributed by atoms with Crippen molar-refractivity contribution in [3.8, 4) is 11.8 Å². The first-order chi connectivity index (χ1) is 11.5. The molecule has 0 fully saturated rings. The van der Waals surface area contributed by atoms with Gasteiger partial charge in [0.2, 0.25) is 0 Å². The summed E-state index contributed by atoms with van der Waals surface area (Å²) in [5.41, 5.74) is 0.961. The molecule has 2 rings (SSSR count). The monoisotopic (exact) mass is 342 g/mol. The van der Waals surface area contributed by atoms with E-state index in [0.29, 0.717) is 5.56 Å². The van der Waals surface area contributed by atoms with Crippen LogP contribution in [0, 0.1) is 17.3 Å². The number of carbonyl (C=O) groups excluding carboxylic acids is 1. The van der Waals surface area contributed by atoms with Gasteiger partial charge in [-0.25, -0.2) is 13.8 Å². The van der Waals surface area contributed by atoms with E-state index in [0.717, 1.165) is 18.7 Å². The number of rotatable bonds is 3. The van der Waals surface area contributed by atoms with Crippen LogP contribution in [0.15, 0.2) is 42.6 Å². The van der Waals surface area contributed by atoms with Crippen molar-refractivity contribution in [2.75, 3.05) is 5.32 Å². The molecule has 0 radical (unpaired) electrons. The molecule has 0 saturated carbocycles. The minimum absolute atomic E-state index is 0.0941. The summed E-state index contributed by atoms with van der Waals surface area (Å²) < 4.78 is 26.3. The second kappa shape index (κ2) is 7.02. The van der Waals surface area contributed by atoms with Gasteiger partial charge >= 0.3 is 0 Å². The summed E-state index contributed by atoms with van der Waals surface area (Å²) in [5, 5.41) is 2.58. The van der Waals surface area contributed by atoms with Gasteiger partial charge in [-0.15, -0.1) is 0 Å². The lowest BCUT2D eigenvalue weighted by Crippen LogP contribution is -2.14. The number of benzene rings is 1. The van der Waals surface area contributed by atoms with Crippen molar-refractivity contribution in [3.05, 3.63) is 59.3 Å². The lowest BCUT2D eigenvalue weighted by molar-refractivity contribution is 0.0171. The fourth-order valence-corrected chi connectivity index (χ4v) is 1.88. The van der Waals surface area contributed by atoms with E-state index in [9.17, 15) is 13.6 Å². The van der Waals surface area contributed by atoms with Crippen molar-refractivity contribution in [2.24, 2.45) is 5.41 Å². The highest BCUT2D eigenvalue weighted by Gasteiger charge is 2.24. The summed E-state index contributed by atoms with van der Waals surface area (Å²) in [6.45, 7) is 6.86. The first kappa shape index (κ1) is 18.6. The molecule has 1 aromatic heterocycles. The maximum Gasteiger partial charge on any atom is 0.272 e. The zero-order valence-corrected chi connectivity index (χ0v) is 14.7. The van der Waals surface area contributed by atoms with Crippen LogP contribution < -0.4 is 5.32 Å². The topological polar surface area (TPSA) is 42.0 Å². The van der Waals surface area contributed by atoms with Gasteiger partial charge in [0.25, 0.3) is 11.8 Å². The predicted octanol–water partition coefficient (Wildman–Crippen LogP) is 4.84. The number of nitrogens with zero attached hydrogens (tertiary/aromatic N) is 1. The van der Waals surface area contributed by atoms with E-state index < -0.39 is 5.92 Å². The Kier molecular flexibility index (Phi) is 5.22. The Hall–Kier alpha value is -2.74. The van der Waals surface area contributed by atoms with Crippen LogP contribution in [-0.4, -0.2) is 10.9 Å². The zero-order chi connectivity index (χ0) is 18.7. The van der Waals surface area contributed by atoms with Crippen molar-refractivity contribution in [2.45, 2.75) is 33.6 Å². The van der Waals surface area contributed by atoms with Crippen LogP contribution in [-0.2, 0) is 5.92 Å². The van der Waals surface area contributed by atoms with Gasteiger partial charge in [-0.3, -0.25) is 4.79 Å². The largest absolute Gasteiger partial charge is 0.307 e. The minimum atomic E-state index is -2.96. The maximum atomic E-state index is 13.1. The van der Waals surface area contributed by atoms with Crippen LogP contribution in [0.2, 0.25) is 0 Å². The fraction of sp³-hybridized carbons (Fsp3) is 0.300. The standard InChI is InChI=1S/C20H20F2N2O/c1-19(2,3)12-11-14-5-7-15(8-6-14)18(25)24-17-10-9-16(13-23-17)20(4,21)22/h5-10,13H,1-4H3,(H,23,24,25). The molecule has 0 atom stereocenters. The molecule has 5 heteroatoms. The van der Waals surface area contributed by atoms with Crippen LogP contribution in [0.3, 0.4) is 0 Å². The summed E-state index contributed by atoms with van der Waals surface area (Å²) in [4.78, 5) is 16.0. The molecular weight excluding hydrogens is 322 g/mol. The summed E-state index contributed by atoms with van der Waals surface area (Å²) in [7, 11) is 0. The number of amides is 1. The number of anilines is 1. The number of alkyl halides is 2. The quantitative estimate of drug-likeness (QED) is 0.811. The molecule has 130 valence electrons. The summed E-state index contributed by atoms with van der Waals surface area (Å²) in [6, 6.07) is 9.46. The summed E-state index contributed by atoms with van der Waals surface area (Å²) in [5.74, 6) is 3.07. The van der Waals surface area contributed by atoms with Crippen LogP contribution in [0.4, 0.5) is 14.6 Å². The Labute approximate surface area is 146 Å². The zero-order valence-electron chi connectivity index (χ0n) is 14.7. The first-order valence-corrected chi connectivity index (χ1v) is 7.83. The van der Waals surface area contributed by atoms with E-state index in [2.05, 4.69) is 22.1 Å². The Morgan fingerprint density at radius 1 is 1.04 bits per heavy atom. The molecule has 0 spiro atoms. The molecule has 1 N–H and O–H groups in total. The van der Waals surface area contributed by atoms with E-state index >= 15 is 0 Å². The molecule has 0 saturated heterocycles. The molecule has 0 aliphatic heterocycles. The van der Waals surface area contributed by atoms with Gasteiger partial charge < -0.3 is 5.32 Å². The van der Waals surface area contributed by atoms with Gasteiger partial charge in [-0.2, -0.15) is 0 Å². The van der Waals surface area contributed by atoms with E-state index in [-0.39, 0.29) is 22.7 Å². The Morgan fingerprint density at radius 2 is 1.68 bits per heavy atom. The van der Waals surface area contributed by atoms with Crippen molar-refractivity contribution in [1.29, 1.82) is 0 Å². The highest BCUT2D eigenvalue weighted by atomic mass is 19.3. The van der Waals surface area contributed by atoms with Gasteiger partial charge in [0.05, 0.1) is 0 Å². The molecule has 1 amide bonds. The average molecular weight is 342 g/mol. The predicted molar refractivity (Wildman–Crippen MR) is 94.5 cm³/mol. The minimum Gasteiger partial charge on any atom is -0.307 e. The van der Waals surface area contributed by atoms with Crippen molar-refractivity contribution >= 4 is 11.7 Å². The Bertz CT molecular complexity index is 802. The highest BCUT2D eigenvalue weighted by molar-refractivity contribution is 6.03. The third-order valence-corrected chi connectivity index (χ3v) is 3.24. The van der Waals surface area contributed by atoms with Gasteiger partial charge in [-0.05, 0) is 57.2 Å². The number of hydrogen-bond acceptors (Lipinski definition) is 2. The molecule has 1 heterocycles. The molecule has 0 aliphatic rings. The number of pyridine rings is 1. The number of halogens is 2. The van der Waals surface area contributed by atoms with Crippen LogP contribution in [0.25, 0.3) is 0 Å². The summed E-state index contributed by atoms with van der Waals surface area (Å²) in [6.07, 6.45) is 1.06. The Balaban J connectivity index is 2.07. The number of hydrogen-bond donors (Lipinski definition) is 1. The second-order valence-corrected chi connectivity index (χ2v) is 6.85. The van der Waals surface area contributed by atoms with E-state index in [1.807, 2.05) is 20.8 Å². The smallest absolute Gasteiger partial charge is 0.272 e. The van der Waals surface area contributed by atoms with Gasteiger partial charge in [0.1, 0.15) is 5.82 Å². The van der Waals surface area contributed by atoms with Gasteiger partial charge in [0.15, 0.2) is 0 Å². The number of carbonyl (C=O) groups is 1. The van der Waals surface area contributed by atoms with Crippen molar-refractivity contribution < 1.29 is 13.6 Å². The average Bonchev–Trinajstić information content (AvgIpc) is 2.52. The molecule has 0 aliphatic carbocycles. The molecular formula is C20H20F2N2O. The fourth-order valence-electron chi connectivity index (χ4n) is 1.88. The lowest BCUT2D eigenvalue weighted by Gasteiger charge is -2.10. The van der Waals surface area contributed by atoms with Crippen LogP contribution in [0.1, 0.15) is 49.2 Å². The van der Waals surface area contributed by atoms with E-state index in [1.165, 1.54) is 12.1 Å². The lowest BCUT2D eigenvalue weighted by atomic mass is 9.97. The third-order valence-electron chi connectivity index (χ3n) is 3.24. The normalized spacial score (nSPS) is 11.4. The molecule has 2 aromatic rings. The second-order valence-electron chi connectivity index (χ2n) is 6.85. The van der Waals surface area contributed by atoms with Crippen LogP contribution in [0.5, 0.6) is 0 Å². The Morgan fingerprint density at radius 3 is 2.16 bits per heavy atom. The number of aromatic nitrogens is 1. The van der Waals surface area contributed by atoms with E-state index in [4.69, 9.17) is 0 Å². The van der Waals surface area contributed by atoms with Crippen molar-refractivity contribution in [3.63, 3.8) is 0 Å². The van der Waals surface area contributed by atoms with E-state index in [1.54, 1.807) is 24.3 Å². The van der Waals surface area contributed by atoms with Crippen LogP contribution >= 0.6 is 0 Å². The molecule has 0 unspecified atom stereocenters. The molecule has 1 aromatic carbocycles. The van der Waals surface area contributed by atoms with Gasteiger partial charge in [0, 0.05) is 35.2 Å². The summed E-state index contributed by atoms with van der Waals surface area (Å²) >= 11 is 0. The number of nitrogens with one attached hydrogen (secondary N) is 1.